The number of amides is 4. The van der Waals surface area contributed by atoms with Crippen LogP contribution < -0.4 is 15.4 Å². The molecule has 2 aliphatic heterocycles. The largest absolute Gasteiger partial charge is 0.497 e. The van der Waals surface area contributed by atoms with Gasteiger partial charge < -0.3 is 19.9 Å². The number of benzene rings is 2. The summed E-state index contributed by atoms with van der Waals surface area (Å²) in [6.45, 7) is 0.900. The first-order valence-corrected chi connectivity index (χ1v) is 11.1. The summed E-state index contributed by atoms with van der Waals surface area (Å²) in [6.07, 6.45) is 1.83. The summed E-state index contributed by atoms with van der Waals surface area (Å²) in [5, 5.41) is 6.15. The van der Waals surface area contributed by atoms with E-state index in [2.05, 4.69) is 21.7 Å². The number of aromatic amines is 1. The van der Waals surface area contributed by atoms with Crippen LogP contribution in [0.2, 0.25) is 0 Å². The molecule has 5 rings (SSSR count). The van der Waals surface area contributed by atoms with E-state index in [0.29, 0.717) is 38.8 Å². The van der Waals surface area contributed by atoms with Crippen LogP contribution in [0.5, 0.6) is 5.75 Å². The van der Waals surface area contributed by atoms with Crippen molar-refractivity contribution in [2.45, 2.75) is 31.2 Å². The van der Waals surface area contributed by atoms with Crippen LogP contribution >= 0.6 is 0 Å². The van der Waals surface area contributed by atoms with Gasteiger partial charge in [0.1, 0.15) is 11.3 Å². The number of hydrogen-bond acceptors (Lipinski definition) is 4. The van der Waals surface area contributed by atoms with E-state index < -0.39 is 11.6 Å². The van der Waals surface area contributed by atoms with Gasteiger partial charge in [0.2, 0.25) is 5.91 Å². The molecule has 3 heterocycles. The molecule has 33 heavy (non-hydrogen) atoms. The minimum Gasteiger partial charge on any atom is -0.497 e. The van der Waals surface area contributed by atoms with E-state index in [1.807, 2.05) is 42.5 Å². The predicted octanol–water partition coefficient (Wildman–Crippen LogP) is 2.98. The lowest BCUT2D eigenvalue weighted by Crippen LogP contribution is -2.55. The fourth-order valence-corrected chi connectivity index (χ4v) is 4.87. The van der Waals surface area contributed by atoms with Gasteiger partial charge in [0, 0.05) is 36.1 Å². The van der Waals surface area contributed by atoms with Crippen LogP contribution in [0, 0.1) is 0 Å². The highest BCUT2D eigenvalue weighted by atomic mass is 16.5. The number of carbonyl (C=O) groups is 3. The summed E-state index contributed by atoms with van der Waals surface area (Å²) < 4.78 is 5.28. The van der Waals surface area contributed by atoms with Crippen molar-refractivity contribution in [1.29, 1.82) is 0 Å². The van der Waals surface area contributed by atoms with Gasteiger partial charge in [-0.3, -0.25) is 14.9 Å². The molecule has 0 aliphatic carbocycles. The number of likely N-dealkylation sites (tertiary alicyclic amines) is 1. The van der Waals surface area contributed by atoms with Crippen LogP contribution in [0.25, 0.3) is 22.2 Å². The van der Waals surface area contributed by atoms with Gasteiger partial charge in [-0.2, -0.15) is 0 Å². The first-order chi connectivity index (χ1) is 16.0. The van der Waals surface area contributed by atoms with E-state index in [-0.39, 0.29) is 11.8 Å². The van der Waals surface area contributed by atoms with Crippen molar-refractivity contribution >= 4 is 28.7 Å². The van der Waals surface area contributed by atoms with Gasteiger partial charge in [0.05, 0.1) is 7.11 Å². The van der Waals surface area contributed by atoms with E-state index >= 15 is 0 Å². The lowest BCUT2D eigenvalue weighted by molar-refractivity contribution is -0.135. The number of imide groups is 1. The van der Waals surface area contributed by atoms with Crippen molar-refractivity contribution in [2.24, 2.45) is 0 Å². The fraction of sp³-hybridized carbons (Fsp3) is 0.320. The Labute approximate surface area is 191 Å². The molecule has 3 aromatic rings. The molecule has 2 aromatic carbocycles. The molecular weight excluding hydrogens is 420 g/mol. The Hall–Kier alpha value is -3.81. The number of ether oxygens (including phenoxy) is 1. The number of hydrogen-bond donors (Lipinski definition) is 3. The average Bonchev–Trinajstić information content (AvgIpc) is 3.34. The second-order valence-electron chi connectivity index (χ2n) is 8.62. The molecule has 2 fully saturated rings. The van der Waals surface area contributed by atoms with Crippen molar-refractivity contribution in [3.05, 3.63) is 54.1 Å². The first-order valence-electron chi connectivity index (χ1n) is 11.1. The molecule has 0 radical (unpaired) electrons. The van der Waals surface area contributed by atoms with Crippen LogP contribution in [0.1, 0.15) is 24.8 Å². The number of nitrogens with zero attached hydrogens (tertiary/aromatic N) is 1. The maximum absolute atomic E-state index is 13.0. The summed E-state index contributed by atoms with van der Waals surface area (Å²) in [6, 6.07) is 15.5. The van der Waals surface area contributed by atoms with Crippen molar-refractivity contribution in [2.75, 3.05) is 20.2 Å². The number of urea groups is 1. The summed E-state index contributed by atoms with van der Waals surface area (Å²) >= 11 is 0. The molecular formula is C25H26N4O4. The minimum atomic E-state index is -0.869. The molecule has 170 valence electrons. The third-order valence-electron chi connectivity index (χ3n) is 6.77. The van der Waals surface area contributed by atoms with Crippen LogP contribution in [0.4, 0.5) is 4.79 Å². The van der Waals surface area contributed by atoms with E-state index in [4.69, 9.17) is 4.74 Å². The van der Waals surface area contributed by atoms with Crippen LogP contribution in [-0.2, 0) is 16.0 Å². The van der Waals surface area contributed by atoms with E-state index in [1.165, 1.54) is 0 Å². The predicted molar refractivity (Wildman–Crippen MR) is 124 cm³/mol. The molecule has 4 amide bonds. The lowest BCUT2D eigenvalue weighted by atomic mass is 9.87. The third-order valence-corrected chi connectivity index (χ3v) is 6.77. The van der Waals surface area contributed by atoms with E-state index in [1.54, 1.807) is 12.0 Å². The lowest BCUT2D eigenvalue weighted by Gasteiger charge is -2.37. The van der Waals surface area contributed by atoms with E-state index in [9.17, 15) is 14.4 Å². The summed E-state index contributed by atoms with van der Waals surface area (Å²) in [5.74, 6) is 0.560. The minimum absolute atomic E-state index is 0.0561. The number of para-hydroxylation sites is 1. The van der Waals surface area contributed by atoms with Crippen molar-refractivity contribution < 1.29 is 19.1 Å². The summed E-state index contributed by atoms with van der Waals surface area (Å²) in [7, 11) is 1.64. The van der Waals surface area contributed by atoms with Crippen molar-refractivity contribution in [3.63, 3.8) is 0 Å². The number of carbonyl (C=O) groups excluding carboxylic acids is 3. The third kappa shape index (κ3) is 3.82. The Bertz CT molecular complexity index is 1220. The second-order valence-corrected chi connectivity index (χ2v) is 8.62. The van der Waals surface area contributed by atoms with Gasteiger partial charge in [-0.1, -0.05) is 18.2 Å². The number of piperidine rings is 1. The molecule has 0 bridgehead atoms. The molecule has 0 unspecified atom stereocenters. The van der Waals surface area contributed by atoms with Crippen molar-refractivity contribution in [3.8, 4) is 17.0 Å². The van der Waals surface area contributed by atoms with Crippen LogP contribution in [0.3, 0.4) is 0 Å². The standard InChI is InChI=1S/C25H26N4O4/c1-33-17-8-6-16(7-9-17)22-19(18-4-2-3-5-20(18)26-22)10-11-21(30)29-14-12-25(13-15-29)23(31)27-24(32)28-25/h2-9,26H,10-15H2,1H3,(H2,27,28,31,32). The van der Waals surface area contributed by atoms with Gasteiger partial charge >= 0.3 is 6.03 Å². The van der Waals surface area contributed by atoms with Gasteiger partial charge in [-0.05, 0) is 60.7 Å². The highest BCUT2D eigenvalue weighted by Gasteiger charge is 2.48. The summed E-state index contributed by atoms with van der Waals surface area (Å²) in [5.41, 5.74) is 3.33. The zero-order valence-electron chi connectivity index (χ0n) is 18.4. The highest BCUT2D eigenvalue weighted by molar-refractivity contribution is 6.07. The molecule has 2 aliphatic rings. The monoisotopic (exact) mass is 446 g/mol. The van der Waals surface area contributed by atoms with Crippen LogP contribution in [-0.4, -0.2) is 53.5 Å². The smallest absolute Gasteiger partial charge is 0.322 e. The molecule has 2 saturated heterocycles. The Morgan fingerprint density at radius 1 is 1.06 bits per heavy atom. The topological polar surface area (TPSA) is 104 Å². The number of methoxy groups -OCH3 is 1. The summed E-state index contributed by atoms with van der Waals surface area (Å²) in [4.78, 5) is 42.0. The molecule has 8 nitrogen and oxygen atoms in total. The second kappa shape index (κ2) is 8.27. The number of rotatable bonds is 5. The zero-order chi connectivity index (χ0) is 23.0. The molecule has 1 spiro atoms. The number of nitrogens with one attached hydrogen (secondary N) is 3. The van der Waals surface area contributed by atoms with Gasteiger partial charge in [-0.25, -0.2) is 4.79 Å². The normalized spacial score (nSPS) is 17.3. The van der Waals surface area contributed by atoms with E-state index in [0.717, 1.165) is 33.5 Å². The van der Waals surface area contributed by atoms with Crippen molar-refractivity contribution in [1.82, 2.24) is 20.5 Å². The molecule has 3 N–H and O–H groups in total. The zero-order valence-corrected chi connectivity index (χ0v) is 18.4. The Morgan fingerprint density at radius 2 is 1.79 bits per heavy atom. The maximum atomic E-state index is 13.0. The highest BCUT2D eigenvalue weighted by Crippen LogP contribution is 2.33. The molecule has 8 heteroatoms. The maximum Gasteiger partial charge on any atom is 0.322 e. The van der Waals surface area contributed by atoms with Gasteiger partial charge in [-0.15, -0.1) is 0 Å². The Morgan fingerprint density at radius 3 is 2.45 bits per heavy atom. The first kappa shape index (κ1) is 21.1. The number of aromatic nitrogens is 1. The van der Waals surface area contributed by atoms with Gasteiger partial charge in [0.15, 0.2) is 0 Å². The number of fused-ring (bicyclic) bond motifs is 1. The van der Waals surface area contributed by atoms with Gasteiger partial charge in [0.25, 0.3) is 5.91 Å². The number of H-pyrrole nitrogens is 1. The molecule has 1 aromatic heterocycles. The molecule has 0 atom stereocenters. The SMILES string of the molecule is COc1ccc(-c2[nH]c3ccccc3c2CCC(=O)N2CCC3(CC2)NC(=O)NC3=O)cc1. The van der Waals surface area contributed by atoms with Crippen LogP contribution in [0.15, 0.2) is 48.5 Å². The fourth-order valence-electron chi connectivity index (χ4n) is 4.87. The average molecular weight is 447 g/mol. The molecule has 0 saturated carbocycles. The quantitative estimate of drug-likeness (QED) is 0.524. The Kier molecular flexibility index (Phi) is 5.28. The number of aryl methyl sites for hydroxylation is 1. The Balaban J connectivity index is 1.32.